The van der Waals surface area contributed by atoms with Crippen LogP contribution in [-0.2, 0) is 4.74 Å². The summed E-state index contributed by atoms with van der Waals surface area (Å²) in [5.74, 6) is 1.01. The highest BCUT2D eigenvalue weighted by atomic mass is 127. The van der Waals surface area contributed by atoms with Crippen molar-refractivity contribution in [3.63, 3.8) is 0 Å². The van der Waals surface area contributed by atoms with E-state index in [9.17, 15) is 0 Å². The molecule has 90 valence electrons. The van der Waals surface area contributed by atoms with E-state index < -0.39 is 0 Å². The lowest BCUT2D eigenvalue weighted by Crippen LogP contribution is -1.94. The van der Waals surface area contributed by atoms with Crippen molar-refractivity contribution in [2.45, 2.75) is 34.6 Å². The molecular formula is C14H21IO. The fraction of sp³-hybridized carbons (Fsp3) is 0.429. The van der Waals surface area contributed by atoms with Gasteiger partial charge < -0.3 is 4.74 Å². The molecule has 0 atom stereocenters. The molecule has 0 unspecified atom stereocenters. The van der Waals surface area contributed by atoms with Crippen molar-refractivity contribution < 1.29 is 4.74 Å². The van der Waals surface area contributed by atoms with Crippen LogP contribution in [0.1, 0.15) is 40.2 Å². The average Bonchev–Trinajstić information content (AvgIpc) is 2.28. The van der Waals surface area contributed by atoms with E-state index in [0.717, 1.165) is 5.76 Å². The Morgan fingerprint density at radius 2 is 1.88 bits per heavy atom. The van der Waals surface area contributed by atoms with Gasteiger partial charge in [0.25, 0.3) is 0 Å². The van der Waals surface area contributed by atoms with Crippen molar-refractivity contribution >= 4 is 28.4 Å². The number of hydrogen-bond acceptors (Lipinski definition) is 1. The lowest BCUT2D eigenvalue weighted by Gasteiger charge is -2.11. The Kier molecular flexibility index (Phi) is 8.35. The molecule has 0 spiro atoms. The minimum Gasteiger partial charge on any atom is -0.493 e. The molecule has 0 saturated carbocycles. The van der Waals surface area contributed by atoms with Gasteiger partial charge in [0, 0.05) is 9.13 Å². The Balaban J connectivity index is 0.00000106. The quantitative estimate of drug-likeness (QED) is 0.552. The summed E-state index contributed by atoms with van der Waals surface area (Å²) in [6.45, 7) is 10.9. The van der Waals surface area contributed by atoms with Gasteiger partial charge in [-0.25, -0.2) is 0 Å². The number of ether oxygens (including phenoxy) is 1. The van der Waals surface area contributed by atoms with E-state index in [1.807, 2.05) is 20.8 Å². The highest BCUT2D eigenvalue weighted by molar-refractivity contribution is 14.1. The fourth-order valence-electron chi connectivity index (χ4n) is 1.29. The van der Waals surface area contributed by atoms with Crippen molar-refractivity contribution in [1.29, 1.82) is 0 Å². The topological polar surface area (TPSA) is 9.23 Å². The van der Waals surface area contributed by atoms with Gasteiger partial charge in [0.15, 0.2) is 0 Å². The normalized spacial score (nSPS) is 8.88. The summed E-state index contributed by atoms with van der Waals surface area (Å²) in [6.07, 6.45) is 0. The predicted octanol–water partition coefficient (Wildman–Crippen LogP) is 5.10. The molecule has 1 rings (SSSR count). The molecule has 0 aliphatic carbocycles. The summed E-state index contributed by atoms with van der Waals surface area (Å²) in [5, 5.41) is 0. The smallest absolute Gasteiger partial charge is 0.125 e. The maximum Gasteiger partial charge on any atom is 0.125 e. The van der Waals surface area contributed by atoms with Crippen LogP contribution >= 0.6 is 22.6 Å². The Labute approximate surface area is 113 Å². The van der Waals surface area contributed by atoms with E-state index in [0.29, 0.717) is 6.61 Å². The largest absolute Gasteiger partial charge is 0.493 e. The Morgan fingerprint density at radius 1 is 1.25 bits per heavy atom. The van der Waals surface area contributed by atoms with Crippen LogP contribution in [0.15, 0.2) is 29.8 Å². The molecule has 1 nitrogen and oxygen atoms in total. The molecule has 0 radical (unpaired) electrons. The first-order valence-corrected chi connectivity index (χ1v) is 6.79. The van der Waals surface area contributed by atoms with Crippen LogP contribution in [0.25, 0.3) is 5.76 Å². The molecule has 0 bridgehead atoms. The number of halogens is 1. The van der Waals surface area contributed by atoms with Gasteiger partial charge in [-0.2, -0.15) is 0 Å². The third-order valence-electron chi connectivity index (χ3n) is 1.83. The zero-order chi connectivity index (χ0) is 12.6. The average molecular weight is 332 g/mol. The van der Waals surface area contributed by atoms with Gasteiger partial charge in [0.1, 0.15) is 5.76 Å². The number of benzene rings is 1. The molecule has 0 aliphatic rings. The van der Waals surface area contributed by atoms with E-state index in [-0.39, 0.29) is 0 Å². The van der Waals surface area contributed by atoms with Crippen LogP contribution < -0.4 is 0 Å². The Bertz CT molecular complexity index is 338. The standard InChI is InChI=1S/C12H15IO.C2H6/c1-4-14-12(9(2)3)10-6-5-7-11(13)8-10;1-2/h5-8H,4H2,1-3H3;1-2H3. The first-order chi connectivity index (χ1) is 7.65. The van der Waals surface area contributed by atoms with Crippen molar-refractivity contribution in [1.82, 2.24) is 0 Å². The first-order valence-electron chi connectivity index (χ1n) is 5.71. The molecule has 2 heteroatoms. The molecule has 0 N–H and O–H groups in total. The molecular weight excluding hydrogens is 311 g/mol. The van der Waals surface area contributed by atoms with Crippen LogP contribution in [0.2, 0.25) is 0 Å². The van der Waals surface area contributed by atoms with E-state index in [4.69, 9.17) is 4.74 Å². The van der Waals surface area contributed by atoms with Crippen molar-refractivity contribution in [2.24, 2.45) is 0 Å². The molecule has 0 heterocycles. The van der Waals surface area contributed by atoms with Crippen molar-refractivity contribution in [2.75, 3.05) is 6.61 Å². The third-order valence-corrected chi connectivity index (χ3v) is 2.50. The maximum absolute atomic E-state index is 5.62. The molecule has 1 aromatic rings. The SMILES string of the molecule is CC.CCOC(=C(C)C)c1cccc(I)c1. The molecule has 0 aromatic heterocycles. The van der Waals surface area contributed by atoms with Gasteiger partial charge in [-0.15, -0.1) is 0 Å². The first kappa shape index (κ1) is 15.5. The Hall–Kier alpha value is -0.510. The number of rotatable bonds is 3. The van der Waals surface area contributed by atoms with Gasteiger partial charge >= 0.3 is 0 Å². The molecule has 0 amide bonds. The monoisotopic (exact) mass is 332 g/mol. The summed E-state index contributed by atoms with van der Waals surface area (Å²) in [5.41, 5.74) is 2.38. The van der Waals surface area contributed by atoms with Gasteiger partial charge in [0.2, 0.25) is 0 Å². The zero-order valence-corrected chi connectivity index (χ0v) is 13.0. The second-order valence-electron chi connectivity index (χ2n) is 3.27. The third kappa shape index (κ3) is 5.01. The van der Waals surface area contributed by atoms with E-state index in [2.05, 4.69) is 60.7 Å². The van der Waals surface area contributed by atoms with Crippen LogP contribution in [0.5, 0.6) is 0 Å². The lowest BCUT2D eigenvalue weighted by atomic mass is 10.1. The molecule has 0 fully saturated rings. The van der Waals surface area contributed by atoms with Crippen LogP contribution in [0.3, 0.4) is 0 Å². The van der Waals surface area contributed by atoms with Gasteiger partial charge in [-0.05, 0) is 61.1 Å². The summed E-state index contributed by atoms with van der Waals surface area (Å²) >= 11 is 2.31. The van der Waals surface area contributed by atoms with Crippen LogP contribution in [0, 0.1) is 3.57 Å². The van der Waals surface area contributed by atoms with E-state index in [1.165, 1.54) is 14.7 Å². The highest BCUT2D eigenvalue weighted by Gasteiger charge is 2.04. The summed E-state index contributed by atoms with van der Waals surface area (Å²) in [6, 6.07) is 8.36. The molecule has 1 aromatic carbocycles. The molecule has 0 saturated heterocycles. The minimum atomic E-state index is 0.714. The number of allylic oxidation sites excluding steroid dienone is 1. The van der Waals surface area contributed by atoms with E-state index >= 15 is 0 Å². The summed E-state index contributed by atoms with van der Waals surface area (Å²) in [4.78, 5) is 0. The second-order valence-corrected chi connectivity index (χ2v) is 4.52. The van der Waals surface area contributed by atoms with E-state index in [1.54, 1.807) is 0 Å². The highest BCUT2D eigenvalue weighted by Crippen LogP contribution is 2.21. The summed E-state index contributed by atoms with van der Waals surface area (Å²) < 4.78 is 6.86. The lowest BCUT2D eigenvalue weighted by molar-refractivity contribution is 0.295. The molecule has 16 heavy (non-hydrogen) atoms. The number of hydrogen-bond donors (Lipinski definition) is 0. The van der Waals surface area contributed by atoms with Crippen molar-refractivity contribution in [3.8, 4) is 0 Å². The molecule has 0 aliphatic heterocycles. The second kappa shape index (κ2) is 8.62. The fourth-order valence-corrected chi connectivity index (χ4v) is 1.83. The maximum atomic E-state index is 5.62. The van der Waals surface area contributed by atoms with Gasteiger partial charge in [-0.1, -0.05) is 26.0 Å². The van der Waals surface area contributed by atoms with Crippen LogP contribution in [-0.4, -0.2) is 6.61 Å². The predicted molar refractivity (Wildman–Crippen MR) is 80.4 cm³/mol. The Morgan fingerprint density at radius 3 is 2.31 bits per heavy atom. The zero-order valence-electron chi connectivity index (χ0n) is 10.8. The van der Waals surface area contributed by atoms with Gasteiger partial charge in [0.05, 0.1) is 6.61 Å². The van der Waals surface area contributed by atoms with Crippen molar-refractivity contribution in [3.05, 3.63) is 39.0 Å². The van der Waals surface area contributed by atoms with Crippen LogP contribution in [0.4, 0.5) is 0 Å². The minimum absolute atomic E-state index is 0.714. The van der Waals surface area contributed by atoms with Gasteiger partial charge in [-0.3, -0.25) is 0 Å². The summed E-state index contributed by atoms with van der Waals surface area (Å²) in [7, 11) is 0.